The second-order valence-corrected chi connectivity index (χ2v) is 3.61. The van der Waals surface area contributed by atoms with Crippen LogP contribution in [0.1, 0.15) is 13.8 Å². The van der Waals surface area contributed by atoms with E-state index in [1.165, 1.54) is 0 Å². The second kappa shape index (κ2) is 3.31. The highest BCUT2D eigenvalue weighted by Gasteiger charge is 2.27. The van der Waals surface area contributed by atoms with E-state index >= 15 is 0 Å². The molecule has 1 rings (SSSR count). The van der Waals surface area contributed by atoms with E-state index in [2.05, 4.69) is 25.8 Å². The van der Waals surface area contributed by atoms with E-state index in [1.807, 2.05) is 0 Å². The average molecular weight is 171 g/mol. The molecular formula is C8H17N3O. The van der Waals surface area contributed by atoms with E-state index in [9.17, 15) is 4.79 Å². The SMILES string of the molecule is C[C@@H]1CN(C(N)=O)C[C@H](C)N1C. The van der Waals surface area contributed by atoms with Gasteiger partial charge in [0.1, 0.15) is 0 Å². The summed E-state index contributed by atoms with van der Waals surface area (Å²) in [5.41, 5.74) is 5.21. The molecule has 1 heterocycles. The summed E-state index contributed by atoms with van der Waals surface area (Å²) in [6.45, 7) is 5.70. The van der Waals surface area contributed by atoms with Crippen molar-refractivity contribution in [1.29, 1.82) is 0 Å². The fraction of sp³-hybridized carbons (Fsp3) is 0.875. The van der Waals surface area contributed by atoms with E-state index in [1.54, 1.807) is 4.90 Å². The van der Waals surface area contributed by atoms with Crippen molar-refractivity contribution in [3.8, 4) is 0 Å². The maximum atomic E-state index is 10.9. The van der Waals surface area contributed by atoms with Crippen LogP contribution >= 0.6 is 0 Å². The van der Waals surface area contributed by atoms with Gasteiger partial charge in [0.05, 0.1) is 0 Å². The lowest BCUT2D eigenvalue weighted by Crippen LogP contribution is -2.57. The fourth-order valence-electron chi connectivity index (χ4n) is 1.58. The molecular weight excluding hydrogens is 154 g/mol. The van der Waals surface area contributed by atoms with Gasteiger partial charge in [-0.2, -0.15) is 0 Å². The normalized spacial score (nSPS) is 32.1. The third kappa shape index (κ3) is 1.69. The summed E-state index contributed by atoms with van der Waals surface area (Å²) >= 11 is 0. The van der Waals surface area contributed by atoms with Gasteiger partial charge in [-0.3, -0.25) is 4.90 Å². The first-order valence-electron chi connectivity index (χ1n) is 4.28. The molecule has 1 aliphatic rings. The largest absolute Gasteiger partial charge is 0.351 e. The van der Waals surface area contributed by atoms with Gasteiger partial charge < -0.3 is 10.6 Å². The number of piperazine rings is 1. The topological polar surface area (TPSA) is 49.6 Å². The zero-order chi connectivity index (χ0) is 9.30. The molecule has 1 aliphatic heterocycles. The van der Waals surface area contributed by atoms with Crippen LogP contribution in [0.2, 0.25) is 0 Å². The van der Waals surface area contributed by atoms with Crippen LogP contribution in [-0.2, 0) is 0 Å². The van der Waals surface area contributed by atoms with Gasteiger partial charge in [-0.15, -0.1) is 0 Å². The highest BCUT2D eigenvalue weighted by molar-refractivity contribution is 5.72. The highest BCUT2D eigenvalue weighted by Crippen LogP contribution is 2.12. The van der Waals surface area contributed by atoms with Crippen molar-refractivity contribution in [3.05, 3.63) is 0 Å². The zero-order valence-corrected chi connectivity index (χ0v) is 7.95. The standard InChI is InChI=1S/C8H17N3O/c1-6-4-11(8(9)12)5-7(2)10(6)3/h6-7H,4-5H2,1-3H3,(H2,9,12)/t6-,7+. The van der Waals surface area contributed by atoms with Gasteiger partial charge in [0.15, 0.2) is 0 Å². The van der Waals surface area contributed by atoms with Crippen LogP contribution in [0.15, 0.2) is 0 Å². The third-order valence-electron chi connectivity index (χ3n) is 2.67. The van der Waals surface area contributed by atoms with Crippen molar-refractivity contribution < 1.29 is 4.79 Å². The number of rotatable bonds is 0. The molecule has 2 amide bonds. The Kier molecular flexibility index (Phi) is 2.57. The first-order valence-corrected chi connectivity index (χ1v) is 4.28. The van der Waals surface area contributed by atoms with Gasteiger partial charge in [-0.1, -0.05) is 0 Å². The molecule has 0 saturated carbocycles. The Balaban J connectivity index is 2.59. The predicted molar refractivity (Wildman–Crippen MR) is 47.8 cm³/mol. The Morgan fingerprint density at radius 3 is 2.08 bits per heavy atom. The molecule has 0 aromatic carbocycles. The van der Waals surface area contributed by atoms with Crippen LogP contribution in [0.25, 0.3) is 0 Å². The Morgan fingerprint density at radius 1 is 1.33 bits per heavy atom. The van der Waals surface area contributed by atoms with Gasteiger partial charge in [-0.05, 0) is 20.9 Å². The quantitative estimate of drug-likeness (QED) is 0.561. The van der Waals surface area contributed by atoms with Crippen LogP contribution in [0.3, 0.4) is 0 Å². The van der Waals surface area contributed by atoms with Crippen LogP contribution in [0, 0.1) is 0 Å². The number of amides is 2. The summed E-state index contributed by atoms with van der Waals surface area (Å²) in [5, 5.41) is 0. The van der Waals surface area contributed by atoms with E-state index in [0.29, 0.717) is 12.1 Å². The molecule has 0 radical (unpaired) electrons. The summed E-state index contributed by atoms with van der Waals surface area (Å²) in [6.07, 6.45) is 0. The predicted octanol–water partition coefficient (Wildman–Crippen LogP) is 0.0895. The number of nitrogens with zero attached hydrogens (tertiary/aromatic N) is 2. The lowest BCUT2D eigenvalue weighted by atomic mass is 10.1. The first kappa shape index (κ1) is 9.32. The van der Waals surface area contributed by atoms with Gasteiger partial charge >= 0.3 is 6.03 Å². The van der Waals surface area contributed by atoms with E-state index < -0.39 is 0 Å². The molecule has 0 aromatic rings. The summed E-state index contributed by atoms with van der Waals surface area (Å²) in [5.74, 6) is 0. The van der Waals surface area contributed by atoms with E-state index in [4.69, 9.17) is 5.73 Å². The Morgan fingerprint density at radius 2 is 1.75 bits per heavy atom. The molecule has 0 bridgehead atoms. The molecule has 0 aromatic heterocycles. The molecule has 4 nitrogen and oxygen atoms in total. The second-order valence-electron chi connectivity index (χ2n) is 3.61. The number of carbonyl (C=O) groups excluding carboxylic acids is 1. The molecule has 0 unspecified atom stereocenters. The van der Waals surface area contributed by atoms with Crippen molar-refractivity contribution in [2.45, 2.75) is 25.9 Å². The average Bonchev–Trinajstić information content (AvgIpc) is 1.99. The zero-order valence-electron chi connectivity index (χ0n) is 7.95. The first-order chi connectivity index (χ1) is 5.52. The molecule has 12 heavy (non-hydrogen) atoms. The summed E-state index contributed by atoms with van der Waals surface area (Å²) in [7, 11) is 2.08. The maximum absolute atomic E-state index is 10.9. The molecule has 0 spiro atoms. The van der Waals surface area contributed by atoms with Gasteiger partial charge in [0, 0.05) is 25.2 Å². The molecule has 2 N–H and O–H groups in total. The highest BCUT2D eigenvalue weighted by atomic mass is 16.2. The number of primary amides is 1. The molecule has 4 heteroatoms. The molecule has 70 valence electrons. The maximum Gasteiger partial charge on any atom is 0.314 e. The van der Waals surface area contributed by atoms with E-state index in [0.717, 1.165) is 13.1 Å². The molecule has 1 fully saturated rings. The van der Waals surface area contributed by atoms with E-state index in [-0.39, 0.29) is 6.03 Å². The number of likely N-dealkylation sites (N-methyl/N-ethyl adjacent to an activating group) is 1. The third-order valence-corrected chi connectivity index (χ3v) is 2.67. The number of carbonyl (C=O) groups is 1. The molecule has 2 atom stereocenters. The van der Waals surface area contributed by atoms with Crippen molar-refractivity contribution in [2.24, 2.45) is 5.73 Å². The lowest BCUT2D eigenvalue weighted by molar-refractivity contribution is 0.0802. The van der Waals surface area contributed by atoms with Crippen molar-refractivity contribution in [1.82, 2.24) is 9.80 Å². The Hall–Kier alpha value is -0.770. The van der Waals surface area contributed by atoms with Crippen LogP contribution < -0.4 is 5.73 Å². The number of hydrogen-bond acceptors (Lipinski definition) is 2. The smallest absolute Gasteiger partial charge is 0.314 e. The fourth-order valence-corrected chi connectivity index (χ4v) is 1.58. The number of nitrogens with two attached hydrogens (primary N) is 1. The number of hydrogen-bond donors (Lipinski definition) is 1. The van der Waals surface area contributed by atoms with Crippen molar-refractivity contribution in [2.75, 3.05) is 20.1 Å². The van der Waals surface area contributed by atoms with Gasteiger partial charge in [0.2, 0.25) is 0 Å². The van der Waals surface area contributed by atoms with Crippen LogP contribution in [-0.4, -0.2) is 48.1 Å². The Bertz CT molecular complexity index is 171. The minimum Gasteiger partial charge on any atom is -0.351 e. The van der Waals surface area contributed by atoms with Crippen LogP contribution in [0.5, 0.6) is 0 Å². The van der Waals surface area contributed by atoms with Crippen molar-refractivity contribution >= 4 is 6.03 Å². The van der Waals surface area contributed by atoms with Crippen molar-refractivity contribution in [3.63, 3.8) is 0 Å². The Labute approximate surface area is 73.3 Å². The minimum atomic E-state index is -0.304. The molecule has 1 saturated heterocycles. The van der Waals surface area contributed by atoms with Crippen LogP contribution in [0.4, 0.5) is 4.79 Å². The summed E-state index contributed by atoms with van der Waals surface area (Å²) < 4.78 is 0. The van der Waals surface area contributed by atoms with Gasteiger partial charge in [-0.25, -0.2) is 4.79 Å². The van der Waals surface area contributed by atoms with Gasteiger partial charge in [0.25, 0.3) is 0 Å². The summed E-state index contributed by atoms with van der Waals surface area (Å²) in [4.78, 5) is 14.8. The molecule has 0 aliphatic carbocycles. The summed E-state index contributed by atoms with van der Waals surface area (Å²) in [6, 6.07) is 0.504. The number of urea groups is 1. The minimum absolute atomic E-state index is 0.304. The lowest BCUT2D eigenvalue weighted by Gasteiger charge is -2.41. The monoisotopic (exact) mass is 171 g/mol.